The molecule has 0 aromatic rings. The van der Waals surface area contributed by atoms with Crippen molar-refractivity contribution in [1.82, 2.24) is 14.7 Å². The number of carbonyl (C=O) groups is 1. The molecular formula is C20H29N5OS. The molecule has 0 aromatic carbocycles. The summed E-state index contributed by atoms with van der Waals surface area (Å²) in [5.74, 6) is 1.05. The van der Waals surface area contributed by atoms with Crippen LogP contribution in [-0.2, 0) is 0 Å². The first-order chi connectivity index (χ1) is 13.0. The Kier molecular flexibility index (Phi) is 6.09. The second-order valence-electron chi connectivity index (χ2n) is 6.99. The van der Waals surface area contributed by atoms with Gasteiger partial charge in [0.1, 0.15) is 5.84 Å². The van der Waals surface area contributed by atoms with Crippen LogP contribution in [0.3, 0.4) is 0 Å². The lowest BCUT2D eigenvalue weighted by Gasteiger charge is -2.31. The van der Waals surface area contributed by atoms with Gasteiger partial charge in [-0.2, -0.15) is 0 Å². The number of amidine groups is 1. The van der Waals surface area contributed by atoms with Gasteiger partial charge in [-0.05, 0) is 32.3 Å². The van der Waals surface area contributed by atoms with E-state index in [1.165, 1.54) is 0 Å². The van der Waals surface area contributed by atoms with Gasteiger partial charge in [-0.25, -0.2) is 4.79 Å². The molecule has 0 radical (unpaired) electrons. The van der Waals surface area contributed by atoms with Gasteiger partial charge >= 0.3 is 6.03 Å². The first-order valence-corrected chi connectivity index (χ1v) is 10.5. The molecule has 3 rings (SSSR count). The van der Waals surface area contributed by atoms with Gasteiger partial charge in [-0.3, -0.25) is 4.99 Å². The van der Waals surface area contributed by atoms with E-state index < -0.39 is 0 Å². The van der Waals surface area contributed by atoms with E-state index in [1.54, 1.807) is 17.8 Å². The van der Waals surface area contributed by atoms with Crippen molar-refractivity contribution in [3.8, 4) is 0 Å². The molecule has 3 heterocycles. The maximum atomic E-state index is 12.7. The van der Waals surface area contributed by atoms with Crippen LogP contribution < -0.4 is 0 Å². The minimum Gasteiger partial charge on any atom is -0.330 e. The van der Waals surface area contributed by atoms with Crippen LogP contribution in [0.25, 0.3) is 0 Å². The summed E-state index contributed by atoms with van der Waals surface area (Å²) >= 11 is 1.75. The molecule has 3 aliphatic heterocycles. The van der Waals surface area contributed by atoms with E-state index in [9.17, 15) is 4.79 Å². The quantitative estimate of drug-likeness (QED) is 0.682. The minimum atomic E-state index is 0.137. The zero-order valence-electron chi connectivity index (χ0n) is 16.4. The molecule has 2 saturated heterocycles. The highest BCUT2D eigenvalue weighted by molar-refractivity contribution is 8.03. The van der Waals surface area contributed by atoms with Crippen LogP contribution in [0, 0.1) is 5.41 Å². The van der Waals surface area contributed by atoms with Crippen LogP contribution in [0.4, 0.5) is 4.79 Å². The molecule has 0 aliphatic carbocycles. The number of fused-ring (bicyclic) bond motifs is 1. The Morgan fingerprint density at radius 2 is 2.26 bits per heavy atom. The lowest BCUT2D eigenvalue weighted by molar-refractivity contribution is 0.180. The molecular weight excluding hydrogens is 358 g/mol. The minimum absolute atomic E-state index is 0.137. The monoisotopic (exact) mass is 387 g/mol. The molecule has 3 aliphatic rings. The van der Waals surface area contributed by atoms with Crippen molar-refractivity contribution in [2.24, 2.45) is 4.99 Å². The van der Waals surface area contributed by atoms with Crippen LogP contribution in [0.5, 0.6) is 0 Å². The molecule has 27 heavy (non-hydrogen) atoms. The maximum absolute atomic E-state index is 12.7. The predicted octanol–water partition coefficient (Wildman–Crippen LogP) is 3.35. The third kappa shape index (κ3) is 3.70. The highest BCUT2D eigenvalue weighted by atomic mass is 32.2. The van der Waals surface area contributed by atoms with Gasteiger partial charge in [0.05, 0.1) is 23.5 Å². The molecule has 2 fully saturated rings. The molecule has 0 saturated carbocycles. The number of carbonyl (C=O) groups excluding carboxylic acids is 1. The molecule has 0 spiro atoms. The summed E-state index contributed by atoms with van der Waals surface area (Å²) in [6.45, 7) is 13.6. The predicted molar refractivity (Wildman–Crippen MR) is 114 cm³/mol. The van der Waals surface area contributed by atoms with Crippen molar-refractivity contribution in [2.45, 2.75) is 38.5 Å². The van der Waals surface area contributed by atoms with Crippen molar-refractivity contribution >= 4 is 29.3 Å². The molecule has 0 bridgehead atoms. The topological polar surface area (TPSA) is 63.0 Å². The summed E-state index contributed by atoms with van der Waals surface area (Å²) in [5.41, 5.74) is 2.53. The van der Waals surface area contributed by atoms with Crippen LogP contribution >= 0.6 is 11.8 Å². The number of allylic oxidation sites excluding steroid dienone is 2. The van der Waals surface area contributed by atoms with Gasteiger partial charge in [-0.1, -0.05) is 12.7 Å². The standard InChI is InChI=1S/C20H29N5OS/c1-5-10-27-14(4)19-22-12-16(17(21)6-2)18-11-15(13-25(18)19)24-9-8-23(7-3)20(24)26/h5-6,10,14-15,21H,2,7-9,11-13H2,1,3-4H3/b10-5-,21-17?. The lowest BCUT2D eigenvalue weighted by Crippen LogP contribution is -2.43. The molecule has 6 nitrogen and oxygen atoms in total. The van der Waals surface area contributed by atoms with Gasteiger partial charge in [0.2, 0.25) is 0 Å². The zero-order valence-corrected chi connectivity index (χ0v) is 17.3. The summed E-state index contributed by atoms with van der Waals surface area (Å²) < 4.78 is 0. The lowest BCUT2D eigenvalue weighted by atomic mass is 10.0. The van der Waals surface area contributed by atoms with E-state index in [-0.39, 0.29) is 17.3 Å². The molecule has 2 atom stereocenters. The summed E-state index contributed by atoms with van der Waals surface area (Å²) in [4.78, 5) is 23.6. The highest BCUT2D eigenvalue weighted by Gasteiger charge is 2.42. The van der Waals surface area contributed by atoms with Gasteiger partial charge in [0.25, 0.3) is 0 Å². The zero-order chi connectivity index (χ0) is 19.6. The molecule has 2 unspecified atom stereocenters. The van der Waals surface area contributed by atoms with Gasteiger partial charge in [0.15, 0.2) is 0 Å². The van der Waals surface area contributed by atoms with E-state index in [4.69, 9.17) is 10.4 Å². The second kappa shape index (κ2) is 8.33. The average molecular weight is 388 g/mol. The fraction of sp³-hybridized carbons (Fsp3) is 0.550. The van der Waals surface area contributed by atoms with Crippen molar-refractivity contribution in [1.29, 1.82) is 5.41 Å². The number of rotatable bonds is 7. The number of aliphatic imine (C=N–C) groups is 1. The Morgan fingerprint density at radius 3 is 2.89 bits per heavy atom. The summed E-state index contributed by atoms with van der Waals surface area (Å²) in [5, 5.41) is 10.6. The van der Waals surface area contributed by atoms with E-state index in [1.807, 2.05) is 29.7 Å². The number of likely N-dealkylation sites (N-methyl/N-ethyl adjacent to an activating group) is 1. The fourth-order valence-corrected chi connectivity index (χ4v) is 4.70. The van der Waals surface area contributed by atoms with E-state index in [0.29, 0.717) is 12.3 Å². The molecule has 0 aromatic heterocycles. The fourth-order valence-electron chi connectivity index (χ4n) is 3.98. The Morgan fingerprint density at radius 1 is 1.48 bits per heavy atom. The van der Waals surface area contributed by atoms with Crippen LogP contribution in [0.15, 0.2) is 40.4 Å². The molecule has 1 N–H and O–H groups in total. The summed E-state index contributed by atoms with van der Waals surface area (Å²) in [6.07, 6.45) is 4.41. The van der Waals surface area contributed by atoms with Gasteiger partial charge in [0, 0.05) is 43.9 Å². The van der Waals surface area contributed by atoms with Crippen molar-refractivity contribution in [3.05, 3.63) is 35.4 Å². The number of nitrogens with zero attached hydrogens (tertiary/aromatic N) is 4. The van der Waals surface area contributed by atoms with Crippen molar-refractivity contribution in [2.75, 3.05) is 32.7 Å². The van der Waals surface area contributed by atoms with Crippen molar-refractivity contribution < 1.29 is 4.79 Å². The summed E-state index contributed by atoms with van der Waals surface area (Å²) in [7, 11) is 0. The Bertz CT molecular complexity index is 726. The average Bonchev–Trinajstić information content (AvgIpc) is 3.27. The maximum Gasteiger partial charge on any atom is 0.320 e. The van der Waals surface area contributed by atoms with Gasteiger partial charge < -0.3 is 20.1 Å². The molecule has 7 heteroatoms. The highest BCUT2D eigenvalue weighted by Crippen LogP contribution is 2.35. The number of hydrogen-bond donors (Lipinski definition) is 1. The van der Waals surface area contributed by atoms with Crippen LogP contribution in [0.2, 0.25) is 0 Å². The number of hydrogen-bond acceptors (Lipinski definition) is 5. The number of amides is 2. The van der Waals surface area contributed by atoms with E-state index in [0.717, 1.165) is 49.7 Å². The number of nitrogens with one attached hydrogen (secondary N) is 1. The van der Waals surface area contributed by atoms with Crippen molar-refractivity contribution in [3.63, 3.8) is 0 Å². The normalized spacial score (nSPS) is 24.0. The van der Waals surface area contributed by atoms with E-state index in [2.05, 4.69) is 23.8 Å². The van der Waals surface area contributed by atoms with Crippen LogP contribution in [0.1, 0.15) is 27.2 Å². The Balaban J connectivity index is 1.87. The third-order valence-electron chi connectivity index (χ3n) is 5.43. The number of urea groups is 1. The first-order valence-electron chi connectivity index (χ1n) is 9.59. The Hall–Kier alpha value is -2.02. The number of thioether (sulfide) groups is 1. The Labute approximate surface area is 166 Å². The van der Waals surface area contributed by atoms with E-state index >= 15 is 0 Å². The van der Waals surface area contributed by atoms with Gasteiger partial charge in [-0.15, -0.1) is 11.8 Å². The van der Waals surface area contributed by atoms with Crippen LogP contribution in [-0.4, -0.2) is 76.3 Å². The first kappa shape index (κ1) is 19.7. The second-order valence-corrected chi connectivity index (χ2v) is 8.24. The largest absolute Gasteiger partial charge is 0.330 e. The third-order valence-corrected chi connectivity index (χ3v) is 6.48. The smallest absolute Gasteiger partial charge is 0.320 e. The molecule has 2 amide bonds. The summed E-state index contributed by atoms with van der Waals surface area (Å²) in [6, 6.07) is 0.275. The SMILES string of the molecule is C=CC(=N)C1=C2CC(N3CCN(CC)C3=O)CN2C(C(C)S/C=C\C)=NC1. The molecule has 146 valence electrons.